The van der Waals surface area contributed by atoms with Gasteiger partial charge in [0.1, 0.15) is 0 Å². The Balaban J connectivity index is 1.54. The number of ether oxygens (including phenoxy) is 1. The molecule has 4 rings (SSSR count). The number of hydrogen-bond donors (Lipinski definition) is 1. The second kappa shape index (κ2) is 9.64. The first-order chi connectivity index (χ1) is 14.6. The van der Waals surface area contributed by atoms with E-state index < -0.39 is 0 Å². The highest BCUT2D eigenvalue weighted by Crippen LogP contribution is 2.28. The molecule has 0 radical (unpaired) electrons. The quantitative estimate of drug-likeness (QED) is 0.553. The number of rotatable bonds is 7. The van der Waals surface area contributed by atoms with E-state index in [2.05, 4.69) is 15.5 Å². The molecule has 30 heavy (non-hydrogen) atoms. The minimum absolute atomic E-state index is 0.0398. The van der Waals surface area contributed by atoms with Gasteiger partial charge in [0.25, 0.3) is 0 Å². The predicted molar refractivity (Wildman–Crippen MR) is 119 cm³/mol. The molecule has 2 heterocycles. The van der Waals surface area contributed by atoms with Crippen LogP contribution in [0.2, 0.25) is 5.02 Å². The molecular formula is C22H23ClN4O2S. The molecule has 8 heteroatoms. The fourth-order valence-electron chi connectivity index (χ4n) is 3.29. The zero-order valence-corrected chi connectivity index (χ0v) is 18.2. The highest BCUT2D eigenvalue weighted by atomic mass is 35.5. The van der Waals surface area contributed by atoms with Gasteiger partial charge in [0, 0.05) is 29.4 Å². The molecule has 0 spiro atoms. The Kier molecular flexibility index (Phi) is 6.72. The van der Waals surface area contributed by atoms with Gasteiger partial charge < -0.3 is 10.1 Å². The number of amides is 1. The van der Waals surface area contributed by atoms with Crippen LogP contribution >= 0.6 is 23.4 Å². The third-order valence-corrected chi connectivity index (χ3v) is 6.09. The second-order valence-corrected chi connectivity index (χ2v) is 8.59. The summed E-state index contributed by atoms with van der Waals surface area (Å²) in [6.45, 7) is 3.38. The third-order valence-electron chi connectivity index (χ3n) is 4.91. The van der Waals surface area contributed by atoms with Crippen LogP contribution in [-0.2, 0) is 9.53 Å². The minimum Gasteiger partial charge on any atom is -0.376 e. The molecule has 0 saturated carbocycles. The Hall–Kier alpha value is -2.35. The lowest BCUT2D eigenvalue weighted by molar-refractivity contribution is -0.119. The number of carbonyl (C=O) groups is 1. The first-order valence-electron chi connectivity index (χ1n) is 9.89. The summed E-state index contributed by atoms with van der Waals surface area (Å²) in [7, 11) is 0. The van der Waals surface area contributed by atoms with Crippen LogP contribution in [0.3, 0.4) is 0 Å². The maximum Gasteiger partial charge on any atom is 0.230 e. The summed E-state index contributed by atoms with van der Waals surface area (Å²) in [6.07, 6.45) is 2.19. The maximum absolute atomic E-state index is 12.3. The van der Waals surface area contributed by atoms with E-state index in [1.807, 2.05) is 60.0 Å². The lowest BCUT2D eigenvalue weighted by Gasteiger charge is -2.12. The van der Waals surface area contributed by atoms with Crippen LogP contribution in [-0.4, -0.2) is 45.7 Å². The molecule has 0 aliphatic carbocycles. The average Bonchev–Trinajstić information content (AvgIpc) is 3.42. The van der Waals surface area contributed by atoms with Crippen molar-refractivity contribution >= 4 is 29.3 Å². The van der Waals surface area contributed by atoms with Gasteiger partial charge >= 0.3 is 0 Å². The van der Waals surface area contributed by atoms with Gasteiger partial charge in [-0.15, -0.1) is 10.2 Å². The van der Waals surface area contributed by atoms with Crippen LogP contribution in [0.5, 0.6) is 0 Å². The van der Waals surface area contributed by atoms with Gasteiger partial charge in [0.15, 0.2) is 11.0 Å². The first-order valence-corrected chi connectivity index (χ1v) is 11.3. The summed E-state index contributed by atoms with van der Waals surface area (Å²) in [5.74, 6) is 0.928. The van der Waals surface area contributed by atoms with Crippen molar-refractivity contribution in [1.82, 2.24) is 20.1 Å². The molecule has 2 aromatic carbocycles. The summed E-state index contributed by atoms with van der Waals surface area (Å²) < 4.78 is 7.53. The van der Waals surface area contributed by atoms with Gasteiger partial charge in [-0.1, -0.05) is 41.1 Å². The minimum atomic E-state index is -0.0398. The summed E-state index contributed by atoms with van der Waals surface area (Å²) in [4.78, 5) is 12.3. The molecule has 1 aliphatic heterocycles. The molecule has 1 amide bonds. The van der Waals surface area contributed by atoms with Crippen LogP contribution in [0, 0.1) is 6.92 Å². The molecule has 1 fully saturated rings. The van der Waals surface area contributed by atoms with E-state index >= 15 is 0 Å². The van der Waals surface area contributed by atoms with E-state index in [1.54, 1.807) is 0 Å². The topological polar surface area (TPSA) is 69.0 Å². The molecule has 3 aromatic rings. The van der Waals surface area contributed by atoms with Gasteiger partial charge in [-0.25, -0.2) is 0 Å². The number of hydrogen-bond acceptors (Lipinski definition) is 5. The Labute approximate surface area is 185 Å². The monoisotopic (exact) mass is 442 g/mol. The summed E-state index contributed by atoms with van der Waals surface area (Å²) in [5.41, 5.74) is 3.02. The molecular weight excluding hydrogens is 420 g/mol. The molecule has 1 saturated heterocycles. The van der Waals surface area contributed by atoms with Crippen molar-refractivity contribution in [3.63, 3.8) is 0 Å². The van der Waals surface area contributed by atoms with Crippen molar-refractivity contribution < 1.29 is 9.53 Å². The Morgan fingerprint density at radius 1 is 1.20 bits per heavy atom. The Bertz CT molecular complexity index is 999. The fourth-order valence-corrected chi connectivity index (χ4v) is 4.20. The molecule has 0 bridgehead atoms. The van der Waals surface area contributed by atoms with Crippen LogP contribution in [0.4, 0.5) is 0 Å². The average molecular weight is 443 g/mol. The predicted octanol–water partition coefficient (Wildman–Crippen LogP) is 4.28. The van der Waals surface area contributed by atoms with Crippen LogP contribution in [0.15, 0.2) is 53.7 Å². The van der Waals surface area contributed by atoms with Crippen molar-refractivity contribution in [1.29, 1.82) is 0 Å². The highest BCUT2D eigenvalue weighted by Gasteiger charge is 2.19. The van der Waals surface area contributed by atoms with Crippen LogP contribution < -0.4 is 5.32 Å². The zero-order valence-electron chi connectivity index (χ0n) is 16.7. The largest absolute Gasteiger partial charge is 0.376 e. The number of aryl methyl sites for hydroxylation is 1. The molecule has 6 nitrogen and oxygen atoms in total. The number of aromatic nitrogens is 3. The van der Waals surface area contributed by atoms with Crippen LogP contribution in [0.25, 0.3) is 17.1 Å². The number of halogens is 1. The molecule has 1 aromatic heterocycles. The number of benzene rings is 2. The van der Waals surface area contributed by atoms with E-state index in [0.717, 1.165) is 30.7 Å². The van der Waals surface area contributed by atoms with E-state index in [1.165, 1.54) is 17.3 Å². The van der Waals surface area contributed by atoms with Crippen molar-refractivity contribution in [2.75, 3.05) is 18.9 Å². The number of nitrogens with one attached hydrogen (secondary N) is 1. The van der Waals surface area contributed by atoms with Gasteiger partial charge in [-0.05, 0) is 56.2 Å². The van der Waals surface area contributed by atoms with E-state index in [4.69, 9.17) is 16.3 Å². The molecule has 1 N–H and O–H groups in total. The standard InChI is InChI=1S/C22H23ClN4O2S/c1-15-4-10-18(11-5-15)27-21(16-6-8-17(23)9-7-16)25-26-22(27)30-14-20(28)24-13-19-3-2-12-29-19/h4-11,19H,2-3,12-14H2,1H3,(H,24,28). The van der Waals surface area contributed by atoms with E-state index in [-0.39, 0.29) is 17.8 Å². The van der Waals surface area contributed by atoms with Gasteiger partial charge in [-0.2, -0.15) is 0 Å². The Morgan fingerprint density at radius 2 is 1.97 bits per heavy atom. The van der Waals surface area contributed by atoms with E-state index in [9.17, 15) is 4.79 Å². The van der Waals surface area contributed by atoms with Gasteiger partial charge in [-0.3, -0.25) is 9.36 Å². The lowest BCUT2D eigenvalue weighted by atomic mass is 10.2. The highest BCUT2D eigenvalue weighted by molar-refractivity contribution is 7.99. The summed E-state index contributed by atoms with van der Waals surface area (Å²) >= 11 is 7.41. The van der Waals surface area contributed by atoms with Crippen molar-refractivity contribution in [3.05, 3.63) is 59.1 Å². The van der Waals surface area contributed by atoms with Gasteiger partial charge in [0.05, 0.1) is 11.9 Å². The number of carbonyl (C=O) groups excluding carboxylic acids is 1. The SMILES string of the molecule is Cc1ccc(-n2c(SCC(=O)NCC3CCCO3)nnc2-c2ccc(Cl)cc2)cc1. The maximum atomic E-state index is 12.3. The first kappa shape index (κ1) is 20.9. The Morgan fingerprint density at radius 3 is 2.67 bits per heavy atom. The fraction of sp³-hybridized carbons (Fsp3) is 0.318. The van der Waals surface area contributed by atoms with E-state index in [0.29, 0.717) is 22.5 Å². The van der Waals surface area contributed by atoms with Crippen LogP contribution in [0.1, 0.15) is 18.4 Å². The van der Waals surface area contributed by atoms with Crippen molar-refractivity contribution in [3.8, 4) is 17.1 Å². The zero-order chi connectivity index (χ0) is 20.9. The van der Waals surface area contributed by atoms with Crippen molar-refractivity contribution in [2.45, 2.75) is 31.0 Å². The molecule has 1 aliphatic rings. The lowest BCUT2D eigenvalue weighted by Crippen LogP contribution is -2.32. The summed E-state index contributed by atoms with van der Waals surface area (Å²) in [5, 5.41) is 13.0. The van der Waals surface area contributed by atoms with Crippen molar-refractivity contribution in [2.24, 2.45) is 0 Å². The molecule has 1 atom stereocenters. The normalized spacial score (nSPS) is 16.0. The number of thioether (sulfide) groups is 1. The van der Waals surface area contributed by atoms with Gasteiger partial charge in [0.2, 0.25) is 5.91 Å². The molecule has 156 valence electrons. The smallest absolute Gasteiger partial charge is 0.230 e. The summed E-state index contributed by atoms with van der Waals surface area (Å²) in [6, 6.07) is 15.6. The molecule has 1 unspecified atom stereocenters. The third kappa shape index (κ3) is 5.03. The second-order valence-electron chi connectivity index (χ2n) is 7.21. The number of nitrogens with zero attached hydrogens (tertiary/aromatic N) is 3.